The van der Waals surface area contributed by atoms with Gasteiger partial charge < -0.3 is 9.80 Å². The summed E-state index contributed by atoms with van der Waals surface area (Å²) in [5.41, 5.74) is 11.6. The normalized spacial score (nSPS) is 13.5. The minimum atomic E-state index is -3.04. The van der Waals surface area contributed by atoms with Crippen LogP contribution >= 0.6 is 22.7 Å². The van der Waals surface area contributed by atoms with Gasteiger partial charge in [-0.15, -0.1) is 22.7 Å². The molecule has 2 aliphatic rings. The van der Waals surface area contributed by atoms with Crippen molar-refractivity contribution in [2.75, 3.05) is 9.80 Å². The first-order chi connectivity index (χ1) is 32.0. The Balaban J connectivity index is 1.27. The number of nitrogens with zero attached hydrogens (tertiary/aromatic N) is 2. The first kappa shape index (κ1) is 41.0. The summed E-state index contributed by atoms with van der Waals surface area (Å²) in [6, 6.07) is 76.7. The molecule has 4 heterocycles. The van der Waals surface area contributed by atoms with Crippen molar-refractivity contribution in [3.63, 3.8) is 0 Å². The maximum atomic E-state index is 2.65. The molecule has 2 aromatic heterocycles. The Hall–Kier alpha value is -6.44. The summed E-state index contributed by atoms with van der Waals surface area (Å²) < 4.78 is 5.45. The van der Waals surface area contributed by atoms with Gasteiger partial charge >= 0.3 is 0 Å². The Kier molecular flexibility index (Phi) is 9.52. The first-order valence-corrected chi connectivity index (χ1v) is 26.8. The predicted octanol–water partition coefficient (Wildman–Crippen LogP) is 12.2. The van der Waals surface area contributed by atoms with Gasteiger partial charge in [-0.2, -0.15) is 0 Å². The van der Waals surface area contributed by atoms with E-state index < -0.39 is 8.07 Å². The Morgan fingerprint density at radius 1 is 0.394 bits per heavy atom. The van der Waals surface area contributed by atoms with Gasteiger partial charge in [-0.1, -0.05) is 193 Å². The van der Waals surface area contributed by atoms with E-state index in [1.54, 1.807) is 0 Å². The fraction of sp³-hybridized carbons (Fsp3) is 0.133. The third kappa shape index (κ3) is 6.26. The third-order valence-electron chi connectivity index (χ3n) is 14.1. The molecular formula is C60H51BN2S2Si. The van der Waals surface area contributed by atoms with Gasteiger partial charge in [-0.05, 0) is 96.7 Å². The smallest absolute Gasteiger partial charge is 0.277 e. The van der Waals surface area contributed by atoms with Crippen LogP contribution in [0.25, 0.3) is 20.2 Å². The highest BCUT2D eigenvalue weighted by molar-refractivity contribution is 7.40. The maximum absolute atomic E-state index is 3.04. The molecule has 0 aliphatic carbocycles. The lowest BCUT2D eigenvalue weighted by molar-refractivity contribution is 0.590. The average Bonchev–Trinajstić information content (AvgIpc) is 3.92. The monoisotopic (exact) mass is 902 g/mol. The Bertz CT molecular complexity index is 3180. The highest BCUT2D eigenvalue weighted by Crippen LogP contribution is 2.50. The molecule has 0 fully saturated rings. The van der Waals surface area contributed by atoms with Gasteiger partial charge in [0.15, 0.2) is 8.07 Å². The molecule has 8 aromatic carbocycles. The van der Waals surface area contributed by atoms with E-state index in [1.807, 2.05) is 22.7 Å². The number of benzene rings is 8. The largest absolute Gasteiger partial charge is 0.310 e. The van der Waals surface area contributed by atoms with E-state index in [4.69, 9.17) is 0 Å². The molecule has 12 rings (SSSR count). The lowest BCUT2D eigenvalue weighted by Gasteiger charge is -2.44. The third-order valence-corrected chi connectivity index (χ3v) is 21.3. The summed E-state index contributed by atoms with van der Waals surface area (Å²) in [6.07, 6.45) is 0. The second-order valence-electron chi connectivity index (χ2n) is 20.1. The zero-order valence-corrected chi connectivity index (χ0v) is 41.0. The van der Waals surface area contributed by atoms with E-state index in [9.17, 15) is 0 Å². The van der Waals surface area contributed by atoms with Crippen molar-refractivity contribution >= 4 is 128 Å². The minimum Gasteiger partial charge on any atom is -0.310 e. The summed E-state index contributed by atoms with van der Waals surface area (Å²) in [7, 11) is -3.04. The number of rotatable bonds is 6. The van der Waals surface area contributed by atoms with Crippen LogP contribution in [0.4, 0.5) is 34.1 Å². The Morgan fingerprint density at radius 3 is 1.11 bits per heavy atom. The summed E-state index contributed by atoms with van der Waals surface area (Å²) in [5, 5.41) is 8.05. The van der Waals surface area contributed by atoms with Crippen LogP contribution in [0.15, 0.2) is 200 Å². The van der Waals surface area contributed by atoms with Gasteiger partial charge in [-0.3, -0.25) is 0 Å². The van der Waals surface area contributed by atoms with E-state index in [2.05, 4.69) is 252 Å². The maximum Gasteiger partial charge on any atom is 0.277 e. The molecule has 66 heavy (non-hydrogen) atoms. The van der Waals surface area contributed by atoms with Crippen molar-refractivity contribution in [3.05, 3.63) is 211 Å². The molecule has 0 amide bonds. The van der Waals surface area contributed by atoms with Crippen molar-refractivity contribution in [1.29, 1.82) is 0 Å². The minimum absolute atomic E-state index is 0.0255. The number of anilines is 6. The molecule has 0 saturated carbocycles. The molecule has 0 bridgehead atoms. The van der Waals surface area contributed by atoms with Crippen molar-refractivity contribution in [2.24, 2.45) is 0 Å². The van der Waals surface area contributed by atoms with Gasteiger partial charge in [0.25, 0.3) is 6.71 Å². The quantitative estimate of drug-likeness (QED) is 0.121. The number of hydrogen-bond donors (Lipinski definition) is 0. The predicted molar refractivity (Wildman–Crippen MR) is 292 cm³/mol. The van der Waals surface area contributed by atoms with E-state index in [-0.39, 0.29) is 17.5 Å². The van der Waals surface area contributed by atoms with Crippen LogP contribution in [0.2, 0.25) is 0 Å². The Morgan fingerprint density at radius 2 is 0.742 bits per heavy atom. The highest BCUT2D eigenvalue weighted by atomic mass is 32.1. The zero-order chi connectivity index (χ0) is 45.0. The van der Waals surface area contributed by atoms with Gasteiger partial charge in [0.1, 0.15) is 0 Å². The lowest BCUT2D eigenvalue weighted by atomic mass is 9.39. The van der Waals surface area contributed by atoms with Crippen molar-refractivity contribution in [3.8, 4) is 0 Å². The first-order valence-electron chi connectivity index (χ1n) is 23.2. The molecule has 0 radical (unpaired) electrons. The number of hydrogen-bond acceptors (Lipinski definition) is 4. The molecular weight excluding hydrogens is 852 g/mol. The summed E-state index contributed by atoms with van der Waals surface area (Å²) in [6.45, 7) is 13.9. The molecule has 0 N–H and O–H groups in total. The van der Waals surface area contributed by atoms with Crippen molar-refractivity contribution in [1.82, 2.24) is 0 Å². The van der Waals surface area contributed by atoms with Crippen LogP contribution in [-0.2, 0) is 10.8 Å². The fourth-order valence-corrected chi connectivity index (χ4v) is 18.4. The van der Waals surface area contributed by atoms with Crippen molar-refractivity contribution in [2.45, 2.75) is 52.4 Å². The zero-order valence-electron chi connectivity index (χ0n) is 38.3. The highest BCUT2D eigenvalue weighted by Gasteiger charge is 2.50. The van der Waals surface area contributed by atoms with E-state index in [1.165, 1.54) is 101 Å². The van der Waals surface area contributed by atoms with Crippen LogP contribution in [0, 0.1) is 0 Å². The van der Waals surface area contributed by atoms with Crippen LogP contribution in [0.5, 0.6) is 0 Å². The standard InChI is InChI=1S/C60H51BN2S2Si/c1-59(2,3)40-30-34-42(35-31-40)62-50-38-47(66(44-20-10-7-11-21-44,45-22-12-8-13-23-45)46-24-14-9-15-25-46)39-51-54(50)61(57-55(62)48-26-16-18-28-52(48)64-57)58-56(49-27-17-19-29-53(49)65-58)63(51)43-36-32-41(33-37-43)60(4,5)6/h7-39H,1-6H3. The molecule has 320 valence electrons. The number of thiophene rings is 2. The van der Waals surface area contributed by atoms with E-state index >= 15 is 0 Å². The van der Waals surface area contributed by atoms with Gasteiger partial charge in [-0.25, -0.2) is 0 Å². The second kappa shape index (κ2) is 15.3. The molecule has 0 unspecified atom stereocenters. The summed E-state index contributed by atoms with van der Waals surface area (Å²) >= 11 is 3.95. The van der Waals surface area contributed by atoms with E-state index in [0.29, 0.717) is 0 Å². The molecule has 2 nitrogen and oxygen atoms in total. The molecule has 6 heteroatoms. The summed E-state index contributed by atoms with van der Waals surface area (Å²) in [4.78, 5) is 5.30. The van der Waals surface area contributed by atoms with Crippen LogP contribution in [-0.4, -0.2) is 14.8 Å². The van der Waals surface area contributed by atoms with Crippen LogP contribution in [0.1, 0.15) is 52.7 Å². The molecule has 10 aromatic rings. The molecule has 0 spiro atoms. The average molecular weight is 903 g/mol. The van der Waals surface area contributed by atoms with Gasteiger partial charge in [0, 0.05) is 52.5 Å². The fourth-order valence-electron chi connectivity index (χ4n) is 10.9. The van der Waals surface area contributed by atoms with Gasteiger partial charge in [0.2, 0.25) is 0 Å². The van der Waals surface area contributed by atoms with Crippen LogP contribution < -0.4 is 45.6 Å². The Labute approximate surface area is 398 Å². The topological polar surface area (TPSA) is 6.48 Å². The summed E-state index contributed by atoms with van der Waals surface area (Å²) in [5.74, 6) is 0. The SMILES string of the molecule is CC(C)(C)c1ccc(N2c3cc([Si](c4ccccc4)(c4ccccc4)c4ccccc4)cc4c3B(c3sc5ccccc5c32)c2sc3ccccc3c2N4c2ccc(C(C)(C)C)cc2)cc1. The number of fused-ring (bicyclic) bond motifs is 8. The molecule has 0 atom stereocenters. The lowest BCUT2D eigenvalue weighted by Crippen LogP contribution is -2.75. The second-order valence-corrected chi connectivity index (χ2v) is 26.1. The van der Waals surface area contributed by atoms with Gasteiger partial charge in [0.05, 0.1) is 11.4 Å². The molecule has 2 aliphatic heterocycles. The molecule has 0 saturated heterocycles. The van der Waals surface area contributed by atoms with Crippen LogP contribution in [0.3, 0.4) is 0 Å². The van der Waals surface area contributed by atoms with Crippen molar-refractivity contribution < 1.29 is 0 Å². The van der Waals surface area contributed by atoms with E-state index in [0.717, 1.165) is 0 Å².